The number of rotatable bonds is 6. The Morgan fingerprint density at radius 3 is 2.48 bits per heavy atom. The summed E-state index contributed by atoms with van der Waals surface area (Å²) < 4.78 is 14.4. The summed E-state index contributed by atoms with van der Waals surface area (Å²) in [5.41, 5.74) is 1.54. The SMILES string of the molecule is CN(Cc1ccc(F)cc1)C(=O)c1cn(CCc2ccc(Cl)cc2Cl)c(O)c1O. The first kappa shape index (κ1) is 21.0. The second-order valence-electron chi connectivity index (χ2n) is 6.68. The molecule has 0 aliphatic heterocycles. The molecular weight excluding hydrogens is 418 g/mol. The first-order valence-electron chi connectivity index (χ1n) is 8.81. The van der Waals surface area contributed by atoms with E-state index in [9.17, 15) is 19.4 Å². The third-order valence-electron chi connectivity index (χ3n) is 4.57. The number of aromatic nitrogens is 1. The summed E-state index contributed by atoms with van der Waals surface area (Å²) in [4.78, 5) is 14.1. The van der Waals surface area contributed by atoms with Gasteiger partial charge in [-0.2, -0.15) is 0 Å². The van der Waals surface area contributed by atoms with Gasteiger partial charge in [-0.15, -0.1) is 0 Å². The molecule has 0 unspecified atom stereocenters. The van der Waals surface area contributed by atoms with E-state index >= 15 is 0 Å². The van der Waals surface area contributed by atoms with Gasteiger partial charge in [0.1, 0.15) is 11.4 Å². The molecular formula is C21H19Cl2FN2O3. The molecule has 0 saturated carbocycles. The highest BCUT2D eigenvalue weighted by molar-refractivity contribution is 6.35. The first-order chi connectivity index (χ1) is 13.8. The van der Waals surface area contributed by atoms with Gasteiger partial charge in [0.2, 0.25) is 5.88 Å². The van der Waals surface area contributed by atoms with Gasteiger partial charge < -0.3 is 19.7 Å². The van der Waals surface area contributed by atoms with E-state index < -0.39 is 17.5 Å². The standard InChI is InChI=1S/C21H19Cl2FN2O3/c1-25(11-13-2-6-16(24)7-3-13)20(28)17-12-26(21(29)19(17)27)9-8-14-4-5-15(22)10-18(14)23/h2-7,10,12,27,29H,8-9,11H2,1H3. The molecule has 3 rings (SSSR count). The molecule has 0 aliphatic rings. The fourth-order valence-electron chi connectivity index (χ4n) is 2.97. The largest absolute Gasteiger partial charge is 0.503 e. The summed E-state index contributed by atoms with van der Waals surface area (Å²) in [5.74, 6) is -1.70. The zero-order valence-corrected chi connectivity index (χ0v) is 17.1. The number of carbonyl (C=O) groups is 1. The third-order valence-corrected chi connectivity index (χ3v) is 5.16. The van der Waals surface area contributed by atoms with Crippen molar-refractivity contribution in [1.82, 2.24) is 9.47 Å². The number of benzene rings is 2. The van der Waals surface area contributed by atoms with Gasteiger partial charge in [-0.25, -0.2) is 4.39 Å². The molecule has 1 amide bonds. The quantitative estimate of drug-likeness (QED) is 0.579. The Balaban J connectivity index is 1.73. The molecule has 0 aliphatic carbocycles. The molecule has 0 saturated heterocycles. The van der Waals surface area contributed by atoms with Crippen LogP contribution in [0.3, 0.4) is 0 Å². The Kier molecular flexibility index (Phi) is 6.35. The predicted molar refractivity (Wildman–Crippen MR) is 110 cm³/mol. The van der Waals surface area contributed by atoms with Crippen LogP contribution in [-0.4, -0.2) is 32.6 Å². The minimum atomic E-state index is -0.483. The molecule has 0 bridgehead atoms. The molecule has 29 heavy (non-hydrogen) atoms. The smallest absolute Gasteiger partial charge is 0.259 e. The van der Waals surface area contributed by atoms with Crippen LogP contribution < -0.4 is 0 Å². The molecule has 8 heteroatoms. The molecule has 0 spiro atoms. The molecule has 2 aromatic carbocycles. The van der Waals surface area contributed by atoms with E-state index in [4.69, 9.17) is 23.2 Å². The van der Waals surface area contributed by atoms with E-state index in [1.807, 2.05) is 0 Å². The molecule has 1 heterocycles. The van der Waals surface area contributed by atoms with Gasteiger partial charge in [-0.05, 0) is 41.8 Å². The monoisotopic (exact) mass is 436 g/mol. The number of halogens is 3. The molecule has 0 atom stereocenters. The topological polar surface area (TPSA) is 65.7 Å². The van der Waals surface area contributed by atoms with E-state index in [0.717, 1.165) is 11.1 Å². The predicted octanol–water partition coefficient (Wildman–Crippen LogP) is 4.86. The fourth-order valence-corrected chi connectivity index (χ4v) is 3.47. The van der Waals surface area contributed by atoms with Gasteiger partial charge in [0.05, 0.1) is 0 Å². The van der Waals surface area contributed by atoms with Gasteiger partial charge in [0.25, 0.3) is 5.91 Å². The lowest BCUT2D eigenvalue weighted by molar-refractivity contribution is 0.0782. The lowest BCUT2D eigenvalue weighted by Gasteiger charge is -2.16. The number of amides is 1. The summed E-state index contributed by atoms with van der Waals surface area (Å²) in [7, 11) is 1.56. The Labute approximate surface area is 177 Å². The van der Waals surface area contributed by atoms with Crippen LogP contribution in [0.2, 0.25) is 10.0 Å². The Bertz CT molecular complexity index is 1040. The Morgan fingerprint density at radius 1 is 1.14 bits per heavy atom. The number of nitrogens with zero attached hydrogens (tertiary/aromatic N) is 2. The van der Waals surface area contributed by atoms with Gasteiger partial charge in [0.15, 0.2) is 5.75 Å². The second-order valence-corrected chi connectivity index (χ2v) is 7.53. The van der Waals surface area contributed by atoms with Crippen molar-refractivity contribution in [3.63, 3.8) is 0 Å². The minimum Gasteiger partial charge on any atom is -0.503 e. The van der Waals surface area contributed by atoms with Crippen molar-refractivity contribution in [3.8, 4) is 11.6 Å². The number of carbonyl (C=O) groups excluding carboxylic acids is 1. The van der Waals surface area contributed by atoms with Crippen LogP contribution in [0.15, 0.2) is 48.7 Å². The molecule has 0 fully saturated rings. The molecule has 3 aromatic rings. The molecule has 0 radical (unpaired) electrons. The van der Waals surface area contributed by atoms with Crippen molar-refractivity contribution in [2.45, 2.75) is 19.5 Å². The van der Waals surface area contributed by atoms with E-state index in [0.29, 0.717) is 23.0 Å². The Hall–Kier alpha value is -2.70. The normalized spacial score (nSPS) is 10.9. The summed E-state index contributed by atoms with van der Waals surface area (Å²) in [5, 5.41) is 21.5. The fraction of sp³-hybridized carbons (Fsp3) is 0.190. The van der Waals surface area contributed by atoms with Gasteiger partial charge in [-0.3, -0.25) is 4.79 Å². The van der Waals surface area contributed by atoms with Crippen molar-refractivity contribution in [1.29, 1.82) is 0 Å². The molecule has 152 valence electrons. The summed E-state index contributed by atoms with van der Waals surface area (Å²) >= 11 is 12.1. The van der Waals surface area contributed by atoms with Gasteiger partial charge in [-0.1, -0.05) is 41.4 Å². The first-order valence-corrected chi connectivity index (χ1v) is 9.56. The zero-order chi connectivity index (χ0) is 21.1. The van der Waals surface area contributed by atoms with Crippen LogP contribution in [0.4, 0.5) is 4.39 Å². The minimum absolute atomic E-state index is 0.0192. The van der Waals surface area contributed by atoms with E-state index in [1.165, 1.54) is 27.8 Å². The summed E-state index contributed by atoms with van der Waals surface area (Å²) in [6, 6.07) is 10.9. The van der Waals surface area contributed by atoms with Crippen LogP contribution in [-0.2, 0) is 19.5 Å². The summed E-state index contributed by atoms with van der Waals surface area (Å²) in [6.07, 6.45) is 1.87. The van der Waals surface area contributed by atoms with E-state index in [-0.39, 0.29) is 17.9 Å². The number of hydrogen-bond donors (Lipinski definition) is 2. The van der Waals surface area contributed by atoms with Crippen LogP contribution in [0.25, 0.3) is 0 Å². The zero-order valence-electron chi connectivity index (χ0n) is 15.6. The third kappa shape index (κ3) is 4.83. The van der Waals surface area contributed by atoms with Crippen LogP contribution in [0.5, 0.6) is 11.6 Å². The Morgan fingerprint density at radius 2 is 1.83 bits per heavy atom. The van der Waals surface area contributed by atoms with Crippen LogP contribution >= 0.6 is 23.2 Å². The molecule has 2 N–H and O–H groups in total. The van der Waals surface area contributed by atoms with Gasteiger partial charge >= 0.3 is 0 Å². The average Bonchev–Trinajstić information content (AvgIpc) is 2.97. The highest BCUT2D eigenvalue weighted by atomic mass is 35.5. The second kappa shape index (κ2) is 8.76. The average molecular weight is 437 g/mol. The van der Waals surface area contributed by atoms with E-state index in [2.05, 4.69) is 0 Å². The van der Waals surface area contributed by atoms with Crippen LogP contribution in [0.1, 0.15) is 21.5 Å². The molecule has 5 nitrogen and oxygen atoms in total. The lowest BCUT2D eigenvalue weighted by atomic mass is 10.1. The highest BCUT2D eigenvalue weighted by Crippen LogP contribution is 2.33. The number of aryl methyl sites for hydroxylation is 2. The van der Waals surface area contributed by atoms with Crippen LogP contribution in [0, 0.1) is 5.82 Å². The molecule has 1 aromatic heterocycles. The van der Waals surface area contributed by atoms with Crippen molar-refractivity contribution < 1.29 is 19.4 Å². The van der Waals surface area contributed by atoms with Crippen molar-refractivity contribution in [2.75, 3.05) is 7.05 Å². The van der Waals surface area contributed by atoms with E-state index in [1.54, 1.807) is 37.4 Å². The van der Waals surface area contributed by atoms with Crippen molar-refractivity contribution >= 4 is 29.1 Å². The number of hydrogen-bond acceptors (Lipinski definition) is 3. The summed E-state index contributed by atoms with van der Waals surface area (Å²) in [6.45, 7) is 0.528. The van der Waals surface area contributed by atoms with Crippen molar-refractivity contribution in [2.24, 2.45) is 0 Å². The maximum atomic E-state index is 13.0. The maximum absolute atomic E-state index is 13.0. The lowest BCUT2D eigenvalue weighted by Crippen LogP contribution is -2.26. The van der Waals surface area contributed by atoms with Crippen molar-refractivity contribution in [3.05, 3.63) is 81.2 Å². The maximum Gasteiger partial charge on any atom is 0.259 e. The highest BCUT2D eigenvalue weighted by Gasteiger charge is 2.23. The number of aromatic hydroxyl groups is 2. The van der Waals surface area contributed by atoms with Gasteiger partial charge in [0, 0.05) is 36.4 Å².